The van der Waals surface area contributed by atoms with Gasteiger partial charge in [0.2, 0.25) is 0 Å². The standard InChI is InChI=1S/C57H88O23/c1-12-24(3)47(71)79-44-45(80-48(72)25(4)13-2)57(23-60)27(20-52(44,5)6)26-14-15-31-54(9)18-17-32(53(7,8)30(54)16-19-55(31,10)56(26,11)42(67)43(57)68)75-51-40(77-50-37(65)35(63)33(61)28(21-58)73-50)38(66)39(41(78-51)46(69)70)76-49-36(64)34(62)29(22-59)74-49/h12-14,27-45,49-51,58-68H,15-23H2,1-11H3,(H,69,70)/b24-12-,25-13-/t27-,28+,29-,30-,31+,32-,33-,34-,35-,36+,37+,38-,39-,40+,41-,42-,43+,44-,45-,49-,50-,51+,54-,55+,56-,57-/m0/s1. The number of carboxylic acids is 1. The predicted molar refractivity (Wildman–Crippen MR) is 277 cm³/mol. The summed E-state index contributed by atoms with van der Waals surface area (Å²) in [7, 11) is 0. The van der Waals surface area contributed by atoms with Crippen LogP contribution < -0.4 is 0 Å². The Hall–Kier alpha value is -3.05. The topological polar surface area (TPSA) is 368 Å². The minimum atomic E-state index is -2.07. The number of esters is 2. The number of aliphatic hydroxyl groups excluding tert-OH is 11. The number of aliphatic carboxylic acids is 1. The van der Waals surface area contributed by atoms with Crippen LogP contribution in [-0.4, -0.2) is 216 Å². The van der Waals surface area contributed by atoms with E-state index in [1.165, 1.54) is 0 Å². The Kier molecular flexibility index (Phi) is 17.9. The van der Waals surface area contributed by atoms with Gasteiger partial charge in [0, 0.05) is 22.0 Å². The van der Waals surface area contributed by atoms with Crippen LogP contribution in [0.2, 0.25) is 0 Å². The summed E-state index contributed by atoms with van der Waals surface area (Å²) >= 11 is 0. The van der Waals surface area contributed by atoms with Crippen LogP contribution >= 0.6 is 0 Å². The van der Waals surface area contributed by atoms with Crippen LogP contribution in [0.5, 0.6) is 0 Å². The number of aliphatic hydroxyl groups is 11. The molecular formula is C57H88O23. The third kappa shape index (κ3) is 9.76. The molecule has 0 aromatic heterocycles. The molecule has 0 aromatic rings. The zero-order chi connectivity index (χ0) is 59.3. The number of carboxylic acid groups (broad SMARTS) is 1. The summed E-state index contributed by atoms with van der Waals surface area (Å²) < 4.78 is 48.6. The molecule has 7 fully saturated rings. The SMILES string of the molecule is C/C=C(/C)C(=O)O[C@H]1[C@H](OC(=O)/C(C)=C\C)[C@]2(CO)[C@H](O)[C@H](O)[C@]3(C)C(=CC[C@@H]4[C@@]5(C)CC[C@H](O[C@@H]6O[C@H](C(=O)O)[C@@H](O[C@@H]7O[C@@H](CO)[C@H](O)[C@H]7O)[C@H](O)[C@H]6O[C@@H]6O[C@H](CO)[C@H](O)[C@H](O)[C@H]6O)C(C)(C)[C@@H]5CC[C@]43C)[C@@H]2CC1(C)C. The molecule has 26 atom stereocenters. The lowest BCUT2D eigenvalue weighted by Crippen LogP contribution is -2.76. The molecule has 3 aliphatic heterocycles. The van der Waals surface area contributed by atoms with Crippen LogP contribution in [0.25, 0.3) is 0 Å². The van der Waals surface area contributed by atoms with Crippen molar-refractivity contribution in [1.82, 2.24) is 0 Å². The van der Waals surface area contributed by atoms with E-state index in [1.54, 1.807) is 39.8 Å². The van der Waals surface area contributed by atoms with Gasteiger partial charge in [-0.3, -0.25) is 0 Å². The van der Waals surface area contributed by atoms with Gasteiger partial charge >= 0.3 is 17.9 Å². The van der Waals surface area contributed by atoms with E-state index in [0.29, 0.717) is 37.7 Å². The molecule has 0 spiro atoms. The van der Waals surface area contributed by atoms with Crippen molar-refractivity contribution >= 4 is 17.9 Å². The van der Waals surface area contributed by atoms with E-state index in [1.807, 2.05) is 34.6 Å². The first kappa shape index (κ1) is 63.0. The molecule has 0 bridgehead atoms. The van der Waals surface area contributed by atoms with E-state index in [9.17, 15) is 75.7 Å². The summed E-state index contributed by atoms with van der Waals surface area (Å²) in [5.41, 5.74) is -4.36. The summed E-state index contributed by atoms with van der Waals surface area (Å²) in [6.45, 7) is 18.4. The molecule has 0 radical (unpaired) electrons. The van der Waals surface area contributed by atoms with Gasteiger partial charge in [-0.25, -0.2) is 14.4 Å². The van der Waals surface area contributed by atoms with Gasteiger partial charge in [-0.1, -0.05) is 72.3 Å². The average Bonchev–Trinajstić information content (AvgIpc) is 3.80. The van der Waals surface area contributed by atoms with Crippen molar-refractivity contribution in [2.45, 2.75) is 231 Å². The highest BCUT2D eigenvalue weighted by molar-refractivity contribution is 5.89. The summed E-state index contributed by atoms with van der Waals surface area (Å²) in [4.78, 5) is 40.5. The van der Waals surface area contributed by atoms with Gasteiger partial charge in [0.25, 0.3) is 0 Å². The van der Waals surface area contributed by atoms with Gasteiger partial charge in [-0.15, -0.1) is 0 Å². The Labute approximate surface area is 466 Å². The first-order valence-corrected chi connectivity index (χ1v) is 28.1. The normalized spacial score (nSPS) is 49.0. The molecule has 3 heterocycles. The monoisotopic (exact) mass is 1140 g/mol. The highest BCUT2D eigenvalue weighted by Gasteiger charge is 2.76. The van der Waals surface area contributed by atoms with Gasteiger partial charge in [0.1, 0.15) is 67.1 Å². The van der Waals surface area contributed by atoms with E-state index in [2.05, 4.69) is 19.9 Å². The quantitative estimate of drug-likeness (QED) is 0.0480. The second-order valence-corrected chi connectivity index (χ2v) is 26.0. The number of carbonyl (C=O) groups excluding carboxylic acids is 2. The minimum absolute atomic E-state index is 0.146. The number of rotatable bonds is 14. The molecule has 454 valence electrons. The summed E-state index contributed by atoms with van der Waals surface area (Å²) in [5, 5.41) is 134. The number of fused-ring (bicyclic) bond motifs is 7. The van der Waals surface area contributed by atoms with Gasteiger partial charge < -0.3 is 99.2 Å². The van der Waals surface area contributed by atoms with Crippen molar-refractivity contribution < 1.29 is 114 Å². The Balaban J connectivity index is 1.12. The molecule has 0 amide bonds. The molecular weight excluding hydrogens is 1050 g/mol. The molecule has 8 aliphatic rings. The zero-order valence-electron chi connectivity index (χ0n) is 47.7. The fourth-order valence-corrected chi connectivity index (χ4v) is 16.2. The van der Waals surface area contributed by atoms with Gasteiger partial charge in [0.05, 0.1) is 43.5 Å². The smallest absolute Gasteiger partial charge is 0.335 e. The highest BCUT2D eigenvalue weighted by atomic mass is 16.8. The third-order valence-corrected chi connectivity index (χ3v) is 21.4. The van der Waals surface area contributed by atoms with Gasteiger partial charge in [-0.05, 0) is 100 Å². The number of hydrogen-bond acceptors (Lipinski definition) is 22. The molecule has 8 rings (SSSR count). The number of ether oxygens (including phenoxy) is 8. The number of carbonyl (C=O) groups is 3. The molecule has 0 unspecified atom stereocenters. The van der Waals surface area contributed by atoms with Crippen molar-refractivity contribution in [3.05, 3.63) is 34.9 Å². The van der Waals surface area contributed by atoms with E-state index in [0.717, 1.165) is 5.57 Å². The molecule has 4 saturated carbocycles. The maximum absolute atomic E-state index is 13.8. The van der Waals surface area contributed by atoms with Crippen molar-refractivity contribution in [1.29, 1.82) is 0 Å². The van der Waals surface area contributed by atoms with Crippen LogP contribution in [0.4, 0.5) is 0 Å². The Morgan fingerprint density at radius 3 is 1.71 bits per heavy atom. The fraction of sp³-hybridized carbons (Fsp3) is 0.842. The summed E-state index contributed by atoms with van der Waals surface area (Å²) in [5.74, 6) is -3.98. The molecule has 23 nitrogen and oxygen atoms in total. The van der Waals surface area contributed by atoms with E-state index < -0.39 is 193 Å². The van der Waals surface area contributed by atoms with E-state index in [4.69, 9.17) is 37.9 Å². The molecule has 23 heteroatoms. The minimum Gasteiger partial charge on any atom is -0.479 e. The first-order valence-electron chi connectivity index (χ1n) is 28.1. The molecule has 80 heavy (non-hydrogen) atoms. The highest BCUT2D eigenvalue weighted by Crippen LogP contribution is 2.76. The van der Waals surface area contributed by atoms with Crippen LogP contribution in [0.1, 0.15) is 115 Å². The lowest BCUT2D eigenvalue weighted by Gasteiger charge is -2.73. The maximum atomic E-state index is 13.8. The lowest BCUT2D eigenvalue weighted by atomic mass is 9.32. The number of allylic oxidation sites excluding steroid dienone is 3. The lowest BCUT2D eigenvalue weighted by molar-refractivity contribution is -0.383. The average molecular weight is 1140 g/mol. The maximum Gasteiger partial charge on any atom is 0.335 e. The van der Waals surface area contributed by atoms with Crippen LogP contribution in [0.3, 0.4) is 0 Å². The van der Waals surface area contributed by atoms with Crippen molar-refractivity contribution in [2.24, 2.45) is 50.2 Å². The van der Waals surface area contributed by atoms with Gasteiger partial charge in [0.15, 0.2) is 31.1 Å². The van der Waals surface area contributed by atoms with E-state index in [-0.39, 0.29) is 23.8 Å². The third-order valence-electron chi connectivity index (χ3n) is 21.4. The first-order chi connectivity index (χ1) is 37.3. The number of hydrogen-bond donors (Lipinski definition) is 12. The van der Waals surface area contributed by atoms with Gasteiger partial charge in [-0.2, -0.15) is 0 Å². The largest absolute Gasteiger partial charge is 0.479 e. The van der Waals surface area contributed by atoms with Crippen LogP contribution in [-0.2, 0) is 52.3 Å². The molecule has 12 N–H and O–H groups in total. The second-order valence-electron chi connectivity index (χ2n) is 26.0. The molecule has 3 saturated heterocycles. The Bertz CT molecular complexity index is 2390. The van der Waals surface area contributed by atoms with Crippen molar-refractivity contribution in [3.63, 3.8) is 0 Å². The fourth-order valence-electron chi connectivity index (χ4n) is 16.2. The van der Waals surface area contributed by atoms with Crippen molar-refractivity contribution in [2.75, 3.05) is 19.8 Å². The second kappa shape index (κ2) is 22.7. The summed E-state index contributed by atoms with van der Waals surface area (Å²) in [6.07, 6.45) is -23.8. The van der Waals surface area contributed by atoms with Crippen molar-refractivity contribution in [3.8, 4) is 0 Å². The molecule has 0 aromatic carbocycles. The zero-order valence-corrected chi connectivity index (χ0v) is 47.7. The van der Waals surface area contributed by atoms with E-state index >= 15 is 0 Å². The van der Waals surface area contributed by atoms with Crippen LogP contribution in [0, 0.1) is 50.2 Å². The predicted octanol–water partition coefficient (Wildman–Crippen LogP) is 0.263. The Morgan fingerprint density at radius 1 is 0.637 bits per heavy atom. The summed E-state index contributed by atoms with van der Waals surface area (Å²) in [6, 6.07) is 0. The Morgan fingerprint density at radius 2 is 1.18 bits per heavy atom. The van der Waals surface area contributed by atoms with Crippen LogP contribution in [0.15, 0.2) is 34.9 Å². The molecule has 5 aliphatic carbocycles.